The fourth-order valence-electron chi connectivity index (χ4n) is 0.726. The van der Waals surface area contributed by atoms with Gasteiger partial charge in [-0.1, -0.05) is 0 Å². The third-order valence-corrected chi connectivity index (χ3v) is 1.34. The van der Waals surface area contributed by atoms with Crippen LogP contribution in [0.2, 0.25) is 0 Å². The minimum atomic E-state index is -2.33. The molecule has 0 fully saturated rings. The molecule has 0 unspecified atom stereocenters. The van der Waals surface area contributed by atoms with Crippen molar-refractivity contribution in [3.63, 3.8) is 0 Å². The van der Waals surface area contributed by atoms with E-state index < -0.39 is 42.2 Å². The Labute approximate surface area is 79.6 Å². The maximum absolute atomic E-state index is 12.7. The van der Waals surface area contributed by atoms with Gasteiger partial charge >= 0.3 is 78.5 Å². The molecule has 1 aromatic rings. The third kappa shape index (κ3) is 1.90. The van der Waals surface area contributed by atoms with E-state index in [0.29, 0.717) is 0 Å². The van der Waals surface area contributed by atoms with Crippen molar-refractivity contribution in [2.24, 2.45) is 0 Å². The number of benzene rings is 1. The standard InChI is InChI=1S/C6BF5O3/c8-1-2(9)4(11)6(14-15-7-13)5(12)3(1)10. The van der Waals surface area contributed by atoms with Gasteiger partial charge in [-0.05, 0) is 0 Å². The van der Waals surface area contributed by atoms with Crippen molar-refractivity contribution < 1.29 is 36.3 Å². The fraction of sp³-hybridized carbons (Fsp3) is 0. The van der Waals surface area contributed by atoms with E-state index in [0.717, 1.165) is 0 Å². The SMILES string of the molecule is O=BOOc1c(F)c(F)c(F)c(F)c1F. The van der Waals surface area contributed by atoms with E-state index in [2.05, 4.69) is 9.69 Å². The molecule has 0 bridgehead atoms. The molecular weight excluding hydrogens is 226 g/mol. The van der Waals surface area contributed by atoms with Gasteiger partial charge in [0.25, 0.3) is 0 Å². The molecule has 0 N–H and O–H groups in total. The van der Waals surface area contributed by atoms with E-state index in [1.165, 1.54) is 0 Å². The Kier molecular flexibility index (Phi) is 3.22. The number of hydrogen-bond acceptors (Lipinski definition) is 3. The second kappa shape index (κ2) is 4.24. The summed E-state index contributed by atoms with van der Waals surface area (Å²) in [6.07, 6.45) is 0. The van der Waals surface area contributed by atoms with Crippen molar-refractivity contribution >= 4 is 7.35 Å². The van der Waals surface area contributed by atoms with Crippen LogP contribution in [0.4, 0.5) is 22.0 Å². The van der Waals surface area contributed by atoms with Crippen LogP contribution in [-0.2, 0) is 9.51 Å². The molecule has 0 aliphatic rings. The molecule has 0 spiro atoms. The summed E-state index contributed by atoms with van der Waals surface area (Å²) >= 11 is 0. The molecular formula is C6BF5O3. The van der Waals surface area contributed by atoms with Gasteiger partial charge in [0.15, 0.2) is 0 Å². The van der Waals surface area contributed by atoms with Crippen molar-refractivity contribution in [1.82, 2.24) is 0 Å². The van der Waals surface area contributed by atoms with Crippen LogP contribution in [0.1, 0.15) is 0 Å². The molecule has 15 heavy (non-hydrogen) atoms. The van der Waals surface area contributed by atoms with Crippen LogP contribution in [0.5, 0.6) is 5.75 Å². The van der Waals surface area contributed by atoms with Gasteiger partial charge < -0.3 is 0 Å². The van der Waals surface area contributed by atoms with E-state index in [9.17, 15) is 26.7 Å². The van der Waals surface area contributed by atoms with Crippen molar-refractivity contribution in [3.05, 3.63) is 29.1 Å². The summed E-state index contributed by atoms with van der Waals surface area (Å²) < 4.78 is 72.3. The molecule has 0 heterocycles. The zero-order valence-corrected chi connectivity index (χ0v) is 6.69. The molecule has 9 heteroatoms. The third-order valence-electron chi connectivity index (χ3n) is 1.34. The molecule has 0 saturated heterocycles. The molecule has 1 rings (SSSR count). The van der Waals surface area contributed by atoms with Crippen LogP contribution >= 0.6 is 0 Å². The quantitative estimate of drug-likeness (QED) is 0.196. The van der Waals surface area contributed by atoms with Crippen LogP contribution in [-0.4, -0.2) is 7.35 Å². The van der Waals surface area contributed by atoms with Crippen molar-refractivity contribution in [2.75, 3.05) is 0 Å². The first-order chi connectivity index (χ1) is 7.00. The Morgan fingerprint density at radius 1 is 0.800 bits per heavy atom. The molecule has 0 aliphatic carbocycles. The Balaban J connectivity index is 3.31. The Hall–Kier alpha value is -1.67. The van der Waals surface area contributed by atoms with Crippen LogP contribution in [0.15, 0.2) is 0 Å². The predicted molar refractivity (Wildman–Crippen MR) is 34.4 cm³/mol. The van der Waals surface area contributed by atoms with E-state index in [1.807, 2.05) is 0 Å². The zero-order chi connectivity index (χ0) is 11.6. The van der Waals surface area contributed by atoms with Gasteiger partial charge in [-0.25, -0.2) is 0 Å². The summed E-state index contributed by atoms with van der Waals surface area (Å²) in [5.74, 6) is -12.9. The average Bonchev–Trinajstić information content (AvgIpc) is 2.24. The van der Waals surface area contributed by atoms with Gasteiger partial charge in [0.05, 0.1) is 0 Å². The van der Waals surface area contributed by atoms with Crippen LogP contribution in [0.25, 0.3) is 0 Å². The van der Waals surface area contributed by atoms with Crippen molar-refractivity contribution in [3.8, 4) is 5.75 Å². The molecule has 0 radical (unpaired) electrons. The van der Waals surface area contributed by atoms with Gasteiger partial charge in [-0.15, -0.1) is 0 Å². The first kappa shape index (κ1) is 11.4. The molecule has 0 aromatic heterocycles. The predicted octanol–water partition coefficient (Wildman–Crippen LogP) is 1.66. The first-order valence-electron chi connectivity index (χ1n) is 3.29. The Morgan fingerprint density at radius 3 is 1.60 bits per heavy atom. The van der Waals surface area contributed by atoms with E-state index >= 15 is 0 Å². The molecule has 3 nitrogen and oxygen atoms in total. The normalized spacial score (nSPS) is 9.67. The van der Waals surface area contributed by atoms with Crippen molar-refractivity contribution in [1.29, 1.82) is 0 Å². The molecule has 0 aliphatic heterocycles. The topological polar surface area (TPSA) is 35.5 Å². The first-order valence-corrected chi connectivity index (χ1v) is 3.29. The molecule has 0 saturated carbocycles. The van der Waals surface area contributed by atoms with Gasteiger partial charge in [0.1, 0.15) is 0 Å². The maximum atomic E-state index is 12.7. The van der Waals surface area contributed by atoms with Gasteiger partial charge in [0, 0.05) is 0 Å². The monoisotopic (exact) mass is 226 g/mol. The second-order valence-corrected chi connectivity index (χ2v) is 2.17. The number of hydrogen-bond donors (Lipinski definition) is 0. The van der Waals surface area contributed by atoms with E-state index in [1.54, 1.807) is 0 Å². The summed E-state index contributed by atoms with van der Waals surface area (Å²) in [4.78, 5) is 6.98. The second-order valence-electron chi connectivity index (χ2n) is 2.17. The van der Waals surface area contributed by atoms with Crippen LogP contribution < -0.4 is 4.89 Å². The minimum absolute atomic E-state index is 0.391. The molecule has 0 atom stereocenters. The van der Waals surface area contributed by atoms with Crippen LogP contribution in [0, 0.1) is 29.1 Å². The van der Waals surface area contributed by atoms with Gasteiger partial charge in [0.2, 0.25) is 0 Å². The number of rotatable bonds is 3. The average molecular weight is 226 g/mol. The number of halogens is 5. The summed E-state index contributed by atoms with van der Waals surface area (Å²) in [6.45, 7) is 0. The fourth-order valence-corrected chi connectivity index (χ4v) is 0.726. The molecule has 80 valence electrons. The molecule has 0 amide bonds. The summed E-state index contributed by atoms with van der Waals surface area (Å²) in [6, 6.07) is 0. The Bertz CT molecular complexity index is 381. The molecule has 1 aromatic carbocycles. The van der Waals surface area contributed by atoms with Gasteiger partial charge in [-0.2, -0.15) is 0 Å². The zero-order valence-electron chi connectivity index (χ0n) is 6.69. The van der Waals surface area contributed by atoms with Crippen LogP contribution in [0.3, 0.4) is 0 Å². The summed E-state index contributed by atoms with van der Waals surface area (Å²) in [5, 5.41) is 0. The van der Waals surface area contributed by atoms with Crippen molar-refractivity contribution in [2.45, 2.75) is 0 Å². The summed E-state index contributed by atoms with van der Waals surface area (Å²) in [5.41, 5.74) is 0. The van der Waals surface area contributed by atoms with Gasteiger partial charge in [-0.3, -0.25) is 0 Å². The van der Waals surface area contributed by atoms with E-state index in [4.69, 9.17) is 0 Å². The Morgan fingerprint density at radius 2 is 1.20 bits per heavy atom. The van der Waals surface area contributed by atoms with E-state index in [-0.39, 0.29) is 0 Å². The summed E-state index contributed by atoms with van der Waals surface area (Å²) in [7, 11) is -0.391.